The lowest BCUT2D eigenvalue weighted by Gasteiger charge is -2.50. The number of benzene rings is 1. The van der Waals surface area contributed by atoms with E-state index in [9.17, 15) is 15.0 Å². The molecule has 1 aromatic rings. The van der Waals surface area contributed by atoms with Gasteiger partial charge in [0.2, 0.25) is 0 Å². The van der Waals surface area contributed by atoms with Crippen LogP contribution in [0.5, 0.6) is 5.75 Å². The number of phenolic OH excluding ortho intramolecular Hbond substituents is 1. The Morgan fingerprint density at radius 1 is 1.24 bits per heavy atom. The Hall–Kier alpha value is -1.55. The van der Waals surface area contributed by atoms with Gasteiger partial charge in [-0.3, -0.25) is 4.79 Å². The molecule has 25 heavy (non-hydrogen) atoms. The number of aryl methyl sites for hydroxylation is 1. The first kappa shape index (κ1) is 18.2. The van der Waals surface area contributed by atoms with Crippen LogP contribution in [0, 0.1) is 17.3 Å². The van der Waals surface area contributed by atoms with Crippen LogP contribution in [-0.4, -0.2) is 27.4 Å². The number of aliphatic carboxylic acids is 1. The van der Waals surface area contributed by atoms with Crippen LogP contribution < -0.4 is 0 Å². The van der Waals surface area contributed by atoms with E-state index in [2.05, 4.69) is 13.0 Å². The van der Waals surface area contributed by atoms with Crippen molar-refractivity contribution < 1.29 is 20.1 Å². The minimum absolute atomic E-state index is 0.0883. The summed E-state index contributed by atoms with van der Waals surface area (Å²) in [7, 11) is 0. The van der Waals surface area contributed by atoms with Gasteiger partial charge in [0.15, 0.2) is 0 Å². The molecule has 4 heteroatoms. The second-order valence-corrected chi connectivity index (χ2v) is 8.18. The highest BCUT2D eigenvalue weighted by Gasteiger charge is 2.54. The fourth-order valence-electron chi connectivity index (χ4n) is 5.54. The number of carbonyl (C=O) groups is 1. The summed E-state index contributed by atoms with van der Waals surface area (Å²) >= 11 is 0. The SMILES string of the molecule is CCC(=O)O.C[C@]12CC[C@@H]3c4ccc(O)cc4CC[C@H]3[C@@H]1CC[C@@H]2O. The maximum atomic E-state index is 10.4. The zero-order valence-electron chi connectivity index (χ0n) is 15.2. The molecule has 5 atom stereocenters. The zero-order chi connectivity index (χ0) is 18.2. The molecule has 3 aliphatic carbocycles. The van der Waals surface area contributed by atoms with Crippen LogP contribution in [-0.2, 0) is 11.2 Å². The second-order valence-electron chi connectivity index (χ2n) is 8.18. The largest absolute Gasteiger partial charge is 0.508 e. The minimum atomic E-state index is -0.745. The number of aliphatic hydroxyl groups is 1. The van der Waals surface area contributed by atoms with Crippen molar-refractivity contribution in [3.63, 3.8) is 0 Å². The first-order chi connectivity index (χ1) is 11.9. The van der Waals surface area contributed by atoms with Gasteiger partial charge in [-0.1, -0.05) is 19.9 Å². The van der Waals surface area contributed by atoms with Crippen molar-refractivity contribution in [1.29, 1.82) is 0 Å². The standard InChI is InChI=1S/C18H24O2.C3H6O2/c1-18-9-8-14-13-5-3-12(19)10-11(13)2-4-15(14)16(18)6-7-17(18)20;1-2-3(4)5/h3,5,10,14-17,19-20H,2,4,6-9H2,1H3;2H2,1H3,(H,4,5)/t14-,15-,16+,17+,18+;/m1./s1. The molecule has 0 heterocycles. The van der Waals surface area contributed by atoms with Gasteiger partial charge in [0.25, 0.3) is 0 Å². The molecule has 0 saturated heterocycles. The molecule has 2 saturated carbocycles. The van der Waals surface area contributed by atoms with Crippen molar-refractivity contribution >= 4 is 5.97 Å². The molecule has 3 aliphatic rings. The summed E-state index contributed by atoms with van der Waals surface area (Å²) in [4.78, 5) is 9.37. The number of carboxylic acids is 1. The number of rotatable bonds is 1. The zero-order valence-corrected chi connectivity index (χ0v) is 15.2. The van der Waals surface area contributed by atoms with E-state index in [-0.39, 0.29) is 17.9 Å². The number of phenols is 1. The molecule has 0 aromatic heterocycles. The summed E-state index contributed by atoms with van der Waals surface area (Å²) in [5, 5.41) is 27.8. The molecule has 0 bridgehead atoms. The molecule has 3 N–H and O–H groups in total. The Morgan fingerprint density at radius 2 is 1.96 bits per heavy atom. The Bertz CT molecular complexity index is 641. The number of carboxylic acid groups (broad SMARTS) is 1. The van der Waals surface area contributed by atoms with Crippen molar-refractivity contribution in [2.75, 3.05) is 0 Å². The van der Waals surface area contributed by atoms with Crippen molar-refractivity contribution in [2.45, 2.75) is 70.8 Å². The van der Waals surface area contributed by atoms with Gasteiger partial charge in [0, 0.05) is 6.42 Å². The van der Waals surface area contributed by atoms with Gasteiger partial charge < -0.3 is 15.3 Å². The third kappa shape index (κ3) is 3.29. The fraction of sp³-hybridized carbons (Fsp3) is 0.667. The smallest absolute Gasteiger partial charge is 0.303 e. The Kier molecular flexibility index (Phi) is 5.10. The van der Waals surface area contributed by atoms with Crippen LogP contribution in [0.4, 0.5) is 0 Å². The summed E-state index contributed by atoms with van der Waals surface area (Å²) in [5.74, 6) is 1.74. The van der Waals surface area contributed by atoms with Gasteiger partial charge in [-0.05, 0) is 85.0 Å². The second kappa shape index (κ2) is 6.99. The summed E-state index contributed by atoms with van der Waals surface area (Å²) in [6.07, 6.45) is 7.00. The molecular weight excluding hydrogens is 316 g/mol. The lowest BCUT2D eigenvalue weighted by atomic mass is 9.55. The van der Waals surface area contributed by atoms with E-state index in [0.717, 1.165) is 25.2 Å². The number of hydrogen-bond acceptors (Lipinski definition) is 3. The van der Waals surface area contributed by atoms with E-state index in [4.69, 9.17) is 5.11 Å². The van der Waals surface area contributed by atoms with Gasteiger partial charge in [0.1, 0.15) is 5.75 Å². The van der Waals surface area contributed by atoms with Gasteiger partial charge in [-0.15, -0.1) is 0 Å². The predicted molar refractivity (Wildman–Crippen MR) is 96.7 cm³/mol. The summed E-state index contributed by atoms with van der Waals surface area (Å²) in [5.41, 5.74) is 2.99. The highest BCUT2D eigenvalue weighted by Crippen LogP contribution is 2.60. The van der Waals surface area contributed by atoms with Gasteiger partial charge in [-0.2, -0.15) is 0 Å². The molecule has 1 aromatic carbocycles. The maximum Gasteiger partial charge on any atom is 0.303 e. The van der Waals surface area contributed by atoms with Crippen LogP contribution in [0.1, 0.15) is 69.4 Å². The lowest BCUT2D eigenvalue weighted by Crippen LogP contribution is -2.43. The average Bonchev–Trinajstić information content (AvgIpc) is 2.90. The first-order valence-corrected chi connectivity index (χ1v) is 9.58. The van der Waals surface area contributed by atoms with Crippen LogP contribution in [0.2, 0.25) is 0 Å². The normalized spacial score (nSPS) is 35.6. The maximum absolute atomic E-state index is 10.4. The van der Waals surface area contributed by atoms with Crippen molar-refractivity contribution in [1.82, 2.24) is 0 Å². The van der Waals surface area contributed by atoms with E-state index in [0.29, 0.717) is 17.6 Å². The molecule has 4 rings (SSSR count). The van der Waals surface area contributed by atoms with Crippen molar-refractivity contribution in [3.8, 4) is 5.75 Å². The van der Waals surface area contributed by atoms with Gasteiger partial charge in [0.05, 0.1) is 6.10 Å². The van der Waals surface area contributed by atoms with E-state index in [1.807, 2.05) is 12.1 Å². The summed E-state index contributed by atoms with van der Waals surface area (Å²) in [6.45, 7) is 3.92. The van der Waals surface area contributed by atoms with E-state index in [1.54, 1.807) is 6.92 Å². The number of hydrogen-bond donors (Lipinski definition) is 3. The minimum Gasteiger partial charge on any atom is -0.508 e. The molecular formula is C21H30O4. The number of aliphatic hydroxyl groups excluding tert-OH is 1. The number of aromatic hydroxyl groups is 1. The van der Waals surface area contributed by atoms with Gasteiger partial charge >= 0.3 is 5.97 Å². The average molecular weight is 346 g/mol. The monoisotopic (exact) mass is 346 g/mol. The molecule has 4 nitrogen and oxygen atoms in total. The molecule has 2 fully saturated rings. The van der Waals surface area contributed by atoms with E-state index >= 15 is 0 Å². The summed E-state index contributed by atoms with van der Waals surface area (Å²) in [6, 6.07) is 5.96. The Labute approximate surface area is 149 Å². The highest BCUT2D eigenvalue weighted by atomic mass is 16.4. The fourth-order valence-corrected chi connectivity index (χ4v) is 5.54. The Morgan fingerprint density at radius 3 is 2.64 bits per heavy atom. The molecule has 0 radical (unpaired) electrons. The van der Waals surface area contributed by atoms with Crippen molar-refractivity contribution in [3.05, 3.63) is 29.3 Å². The Balaban J connectivity index is 0.000000324. The molecule has 0 aliphatic heterocycles. The van der Waals surface area contributed by atoms with Gasteiger partial charge in [-0.25, -0.2) is 0 Å². The molecule has 0 amide bonds. The van der Waals surface area contributed by atoms with Crippen molar-refractivity contribution in [2.24, 2.45) is 17.3 Å². The third-order valence-electron chi connectivity index (χ3n) is 6.96. The number of fused-ring (bicyclic) bond motifs is 5. The quantitative estimate of drug-likeness (QED) is 0.716. The molecule has 138 valence electrons. The third-order valence-corrected chi connectivity index (χ3v) is 6.96. The predicted octanol–water partition coefficient (Wildman–Crippen LogP) is 4.09. The highest BCUT2D eigenvalue weighted by molar-refractivity contribution is 5.66. The topological polar surface area (TPSA) is 77.8 Å². The van der Waals surface area contributed by atoms with E-state index in [1.165, 1.54) is 30.4 Å². The summed E-state index contributed by atoms with van der Waals surface area (Å²) < 4.78 is 0. The van der Waals surface area contributed by atoms with Crippen LogP contribution >= 0.6 is 0 Å². The van der Waals surface area contributed by atoms with Crippen LogP contribution in [0.3, 0.4) is 0 Å². The lowest BCUT2D eigenvalue weighted by molar-refractivity contribution is -0.136. The molecule has 0 unspecified atom stereocenters. The van der Waals surface area contributed by atoms with E-state index < -0.39 is 5.97 Å². The van der Waals surface area contributed by atoms with Crippen LogP contribution in [0.15, 0.2) is 18.2 Å². The molecule has 0 spiro atoms. The van der Waals surface area contributed by atoms with Crippen LogP contribution in [0.25, 0.3) is 0 Å². The first-order valence-electron chi connectivity index (χ1n) is 9.58.